The fourth-order valence-electron chi connectivity index (χ4n) is 6.82. The zero-order valence-corrected chi connectivity index (χ0v) is 21.9. The van der Waals surface area contributed by atoms with Crippen LogP contribution in [0.1, 0.15) is 75.5 Å². The number of rotatable bonds is 3. The molecule has 0 N–H and O–H groups in total. The molecule has 0 radical (unpaired) electrons. The van der Waals surface area contributed by atoms with E-state index in [1.807, 2.05) is 4.90 Å². The van der Waals surface area contributed by atoms with E-state index in [1.165, 1.54) is 65.4 Å². The highest BCUT2D eigenvalue weighted by atomic mass is 16.5. The van der Waals surface area contributed by atoms with Crippen molar-refractivity contribution in [2.24, 2.45) is 0 Å². The lowest BCUT2D eigenvalue weighted by molar-refractivity contribution is -0.139. The number of ether oxygens (including phenoxy) is 1. The Morgan fingerprint density at radius 1 is 1.00 bits per heavy atom. The van der Waals surface area contributed by atoms with Crippen LogP contribution in [-0.2, 0) is 22.5 Å². The number of carbonyl (C=O) groups is 1. The highest BCUT2D eigenvalue weighted by molar-refractivity contribution is 6.02. The average Bonchev–Trinajstić information content (AvgIpc) is 3.10. The molecule has 4 nitrogen and oxygen atoms in total. The van der Waals surface area contributed by atoms with Crippen molar-refractivity contribution >= 4 is 22.9 Å². The van der Waals surface area contributed by atoms with Crippen molar-refractivity contribution in [1.82, 2.24) is 9.47 Å². The molecule has 1 saturated carbocycles. The molecule has 2 atom stereocenters. The summed E-state index contributed by atoms with van der Waals surface area (Å²) in [5.74, 6) is 0.726. The molecule has 6 rings (SSSR count). The third kappa shape index (κ3) is 4.10. The van der Waals surface area contributed by atoms with E-state index in [4.69, 9.17) is 4.74 Å². The smallest absolute Gasteiger partial charge is 0.251 e. The highest BCUT2D eigenvalue weighted by Crippen LogP contribution is 2.46. The lowest BCUT2D eigenvalue weighted by atomic mass is 9.81. The normalized spacial score (nSPS) is 22.6. The van der Waals surface area contributed by atoms with Crippen LogP contribution in [0.2, 0.25) is 0 Å². The maximum absolute atomic E-state index is 14.0. The van der Waals surface area contributed by atoms with Gasteiger partial charge in [0.1, 0.15) is 0 Å². The van der Waals surface area contributed by atoms with Crippen LogP contribution in [0.4, 0.5) is 0 Å². The number of aryl methyl sites for hydroxylation is 1. The van der Waals surface area contributed by atoms with E-state index in [2.05, 4.69) is 73.9 Å². The van der Waals surface area contributed by atoms with Crippen LogP contribution in [0.25, 0.3) is 28.2 Å². The number of nitrogens with zero attached hydrogens (tertiary/aromatic N) is 2. The summed E-state index contributed by atoms with van der Waals surface area (Å²) in [4.78, 5) is 16.0. The summed E-state index contributed by atoms with van der Waals surface area (Å²) < 4.78 is 8.40. The minimum Gasteiger partial charge on any atom is -0.372 e. The molecular formula is C32H38N2O2. The monoisotopic (exact) mass is 482 g/mol. The molecular weight excluding hydrogens is 444 g/mol. The summed E-state index contributed by atoms with van der Waals surface area (Å²) in [5.41, 5.74) is 8.77. The molecule has 2 fully saturated rings. The number of amides is 1. The van der Waals surface area contributed by atoms with E-state index in [-0.39, 0.29) is 18.1 Å². The maximum Gasteiger partial charge on any atom is 0.251 e. The number of morpholine rings is 1. The molecule has 1 aromatic heterocycles. The number of benzene rings is 2. The predicted octanol–water partition coefficient (Wildman–Crippen LogP) is 6.95. The quantitative estimate of drug-likeness (QED) is 0.405. The van der Waals surface area contributed by atoms with Crippen LogP contribution >= 0.6 is 0 Å². The molecule has 188 valence electrons. The van der Waals surface area contributed by atoms with Crippen molar-refractivity contribution in [1.29, 1.82) is 0 Å². The summed E-state index contributed by atoms with van der Waals surface area (Å²) >= 11 is 0. The number of fused-ring (bicyclic) bond motifs is 5. The Bertz CT molecular complexity index is 1320. The van der Waals surface area contributed by atoms with Gasteiger partial charge in [-0.15, -0.1) is 0 Å². The molecule has 1 aliphatic carbocycles. The Balaban J connectivity index is 1.54. The fraction of sp³-hybridized carbons (Fsp3) is 0.469. The maximum atomic E-state index is 14.0. The molecule has 3 aliphatic rings. The SMILES string of the molecule is CCc1ccc2c(C3CCCCC3)c3n(c2c1)CC(C(=O)N1C[C@@H](C)O[C@@H](C)C1)=Cc1ccccc1-3. The van der Waals surface area contributed by atoms with Gasteiger partial charge in [0.25, 0.3) is 5.91 Å². The van der Waals surface area contributed by atoms with Gasteiger partial charge in [-0.1, -0.05) is 62.6 Å². The first-order valence-electron chi connectivity index (χ1n) is 13.9. The van der Waals surface area contributed by atoms with Crippen LogP contribution in [0.15, 0.2) is 48.0 Å². The van der Waals surface area contributed by atoms with Crippen molar-refractivity contribution in [2.75, 3.05) is 13.1 Å². The molecule has 1 amide bonds. The van der Waals surface area contributed by atoms with Crippen LogP contribution < -0.4 is 0 Å². The number of aromatic nitrogens is 1. The number of hydrogen-bond acceptors (Lipinski definition) is 2. The summed E-state index contributed by atoms with van der Waals surface area (Å²) in [5, 5.41) is 1.38. The van der Waals surface area contributed by atoms with Gasteiger partial charge in [0, 0.05) is 35.1 Å². The fourth-order valence-corrected chi connectivity index (χ4v) is 6.82. The lowest BCUT2D eigenvalue weighted by Gasteiger charge is -2.35. The summed E-state index contributed by atoms with van der Waals surface area (Å²) in [6.45, 7) is 8.25. The van der Waals surface area contributed by atoms with Crippen LogP contribution in [0, 0.1) is 0 Å². The lowest BCUT2D eigenvalue weighted by Crippen LogP contribution is -2.48. The minimum absolute atomic E-state index is 0.0596. The summed E-state index contributed by atoms with van der Waals surface area (Å²) in [7, 11) is 0. The van der Waals surface area contributed by atoms with Crippen molar-refractivity contribution in [3.8, 4) is 11.3 Å². The van der Waals surface area contributed by atoms with E-state index in [1.54, 1.807) is 0 Å². The molecule has 3 aromatic rings. The first-order chi connectivity index (χ1) is 17.5. The summed E-state index contributed by atoms with van der Waals surface area (Å²) in [6, 6.07) is 15.7. The highest BCUT2D eigenvalue weighted by Gasteiger charge is 2.32. The minimum atomic E-state index is 0.0596. The zero-order chi connectivity index (χ0) is 24.8. The molecule has 0 spiro atoms. The number of carbonyl (C=O) groups excluding carboxylic acids is 1. The van der Waals surface area contributed by atoms with Crippen molar-refractivity contribution < 1.29 is 9.53 Å². The van der Waals surface area contributed by atoms with Gasteiger partial charge in [0.05, 0.1) is 24.4 Å². The Kier molecular flexibility index (Phi) is 6.25. The molecule has 0 bridgehead atoms. The van der Waals surface area contributed by atoms with Gasteiger partial charge in [-0.3, -0.25) is 4.79 Å². The Labute approximate surface area is 214 Å². The number of hydrogen-bond donors (Lipinski definition) is 0. The van der Waals surface area contributed by atoms with Gasteiger partial charge in [-0.2, -0.15) is 0 Å². The molecule has 3 heterocycles. The Morgan fingerprint density at radius 3 is 2.50 bits per heavy atom. The van der Waals surface area contributed by atoms with Gasteiger partial charge in [0.2, 0.25) is 0 Å². The van der Waals surface area contributed by atoms with E-state index in [9.17, 15) is 4.79 Å². The topological polar surface area (TPSA) is 34.5 Å². The van der Waals surface area contributed by atoms with E-state index < -0.39 is 0 Å². The van der Waals surface area contributed by atoms with Crippen LogP contribution in [0.3, 0.4) is 0 Å². The van der Waals surface area contributed by atoms with E-state index in [0.717, 1.165) is 17.6 Å². The first-order valence-corrected chi connectivity index (χ1v) is 13.9. The predicted molar refractivity (Wildman–Crippen MR) is 147 cm³/mol. The second-order valence-electron chi connectivity index (χ2n) is 11.1. The Morgan fingerprint density at radius 2 is 1.75 bits per heavy atom. The second-order valence-corrected chi connectivity index (χ2v) is 11.1. The third-order valence-electron chi connectivity index (χ3n) is 8.45. The molecule has 1 saturated heterocycles. The standard InChI is InChI=1S/C32H38N2O2/c1-4-23-14-15-28-29(16-23)34-20-26(32(35)33-18-21(2)36-22(3)19-33)17-25-12-8-9-13-27(25)31(34)30(28)24-10-6-5-7-11-24/h8-9,12-17,21-22,24H,4-7,10-11,18-20H2,1-3H3/t21-,22+. The Hall–Kier alpha value is -2.85. The first kappa shape index (κ1) is 23.5. The molecule has 2 aromatic carbocycles. The zero-order valence-electron chi connectivity index (χ0n) is 21.9. The molecule has 36 heavy (non-hydrogen) atoms. The van der Waals surface area contributed by atoms with Crippen molar-refractivity contribution in [2.45, 2.75) is 84.0 Å². The van der Waals surface area contributed by atoms with Crippen molar-refractivity contribution in [3.63, 3.8) is 0 Å². The van der Waals surface area contributed by atoms with Gasteiger partial charge < -0.3 is 14.2 Å². The van der Waals surface area contributed by atoms with Gasteiger partial charge in [-0.25, -0.2) is 0 Å². The van der Waals surface area contributed by atoms with Crippen LogP contribution in [-0.4, -0.2) is 40.7 Å². The molecule has 0 unspecified atom stereocenters. The van der Waals surface area contributed by atoms with Gasteiger partial charge >= 0.3 is 0 Å². The summed E-state index contributed by atoms with van der Waals surface area (Å²) in [6.07, 6.45) is 9.76. The van der Waals surface area contributed by atoms with Crippen LogP contribution in [0.5, 0.6) is 0 Å². The van der Waals surface area contributed by atoms with Gasteiger partial charge in [0.15, 0.2) is 0 Å². The largest absolute Gasteiger partial charge is 0.372 e. The third-order valence-corrected chi connectivity index (χ3v) is 8.45. The van der Waals surface area contributed by atoms with Gasteiger partial charge in [-0.05, 0) is 67.9 Å². The van der Waals surface area contributed by atoms with E-state index >= 15 is 0 Å². The van der Waals surface area contributed by atoms with Crippen molar-refractivity contribution in [3.05, 3.63) is 64.7 Å². The van der Waals surface area contributed by atoms with E-state index in [0.29, 0.717) is 25.6 Å². The molecule has 2 aliphatic heterocycles. The molecule has 4 heteroatoms. The second kappa shape index (κ2) is 9.55. The average molecular weight is 483 g/mol.